The molecule has 8 heteroatoms. The number of carboxylic acid groups (broad SMARTS) is 1. The van der Waals surface area contributed by atoms with Crippen molar-refractivity contribution in [3.63, 3.8) is 0 Å². The summed E-state index contributed by atoms with van der Waals surface area (Å²) in [4.78, 5) is 32.9. The highest BCUT2D eigenvalue weighted by Gasteiger charge is 2.16. The monoisotopic (exact) mass is 330 g/mol. The maximum atomic E-state index is 12.1. The number of nitrogens with zero attached hydrogens (tertiary/aromatic N) is 1. The van der Waals surface area contributed by atoms with E-state index >= 15 is 0 Å². The molecule has 2 N–H and O–H groups in total. The Labute approximate surface area is 136 Å². The van der Waals surface area contributed by atoms with E-state index in [0.717, 1.165) is 0 Å². The summed E-state index contributed by atoms with van der Waals surface area (Å²) in [6, 6.07) is 11.1. The fraction of sp³-hybridized carbons (Fsp3) is 0.125. The van der Waals surface area contributed by atoms with Crippen molar-refractivity contribution >= 4 is 23.3 Å². The summed E-state index contributed by atoms with van der Waals surface area (Å²) in [5, 5.41) is 22.0. The van der Waals surface area contributed by atoms with Crippen LogP contribution in [0.5, 0.6) is 5.75 Å². The molecule has 1 unspecified atom stereocenters. The lowest BCUT2D eigenvalue weighted by Crippen LogP contribution is -2.30. The highest BCUT2D eigenvalue weighted by atomic mass is 16.6. The van der Waals surface area contributed by atoms with E-state index in [1.54, 1.807) is 0 Å². The topological polar surface area (TPSA) is 119 Å². The van der Waals surface area contributed by atoms with Gasteiger partial charge in [0.15, 0.2) is 6.10 Å². The number of aromatic carboxylic acids is 1. The molecule has 124 valence electrons. The summed E-state index contributed by atoms with van der Waals surface area (Å²) in [6.45, 7) is 1.53. The summed E-state index contributed by atoms with van der Waals surface area (Å²) < 4.78 is 5.42. The molecule has 0 saturated carbocycles. The Morgan fingerprint density at radius 3 is 2.21 bits per heavy atom. The van der Waals surface area contributed by atoms with Crippen molar-refractivity contribution in [1.82, 2.24) is 0 Å². The lowest BCUT2D eigenvalue weighted by molar-refractivity contribution is -0.384. The molecule has 0 saturated heterocycles. The molecule has 0 fully saturated rings. The third-order valence-electron chi connectivity index (χ3n) is 3.13. The Balaban J connectivity index is 1.96. The molecule has 2 aromatic carbocycles. The van der Waals surface area contributed by atoms with Crippen LogP contribution in [0.25, 0.3) is 0 Å². The third kappa shape index (κ3) is 4.29. The van der Waals surface area contributed by atoms with Gasteiger partial charge in [0.25, 0.3) is 11.6 Å². The first-order valence-corrected chi connectivity index (χ1v) is 6.92. The van der Waals surface area contributed by atoms with Crippen LogP contribution in [0.15, 0.2) is 48.5 Å². The van der Waals surface area contributed by atoms with Gasteiger partial charge in [0.1, 0.15) is 5.75 Å². The predicted molar refractivity (Wildman–Crippen MR) is 85.2 cm³/mol. The van der Waals surface area contributed by atoms with Gasteiger partial charge in [-0.3, -0.25) is 14.9 Å². The van der Waals surface area contributed by atoms with Gasteiger partial charge in [-0.1, -0.05) is 0 Å². The van der Waals surface area contributed by atoms with Crippen LogP contribution in [0.2, 0.25) is 0 Å². The number of hydrogen-bond acceptors (Lipinski definition) is 5. The Bertz CT molecular complexity index is 755. The standard InChI is InChI=1S/C16H14N2O6/c1-10(24-14-8-6-13(7-9-14)18(22)23)15(19)17-12-4-2-11(3-5-12)16(20)21/h2-10H,1H3,(H,17,19)(H,20,21). The summed E-state index contributed by atoms with van der Waals surface area (Å²) in [5.41, 5.74) is 0.477. The second-order valence-electron chi connectivity index (χ2n) is 4.88. The quantitative estimate of drug-likeness (QED) is 0.621. The van der Waals surface area contributed by atoms with Gasteiger partial charge in [-0.25, -0.2) is 4.79 Å². The molecule has 8 nitrogen and oxygen atoms in total. The molecule has 0 aliphatic rings. The van der Waals surface area contributed by atoms with E-state index < -0.39 is 22.9 Å². The normalized spacial score (nSPS) is 11.4. The van der Waals surface area contributed by atoms with Crippen LogP contribution in [0.3, 0.4) is 0 Å². The van der Waals surface area contributed by atoms with Crippen LogP contribution in [0, 0.1) is 10.1 Å². The second-order valence-corrected chi connectivity index (χ2v) is 4.88. The number of nitrogens with one attached hydrogen (secondary N) is 1. The van der Waals surface area contributed by atoms with E-state index in [2.05, 4.69) is 5.32 Å². The molecule has 1 atom stereocenters. The molecule has 2 aromatic rings. The van der Waals surface area contributed by atoms with Gasteiger partial charge in [-0.05, 0) is 43.3 Å². The maximum Gasteiger partial charge on any atom is 0.335 e. The van der Waals surface area contributed by atoms with E-state index in [1.165, 1.54) is 55.5 Å². The predicted octanol–water partition coefficient (Wildman–Crippen LogP) is 2.70. The Kier molecular flexibility index (Phi) is 5.10. The van der Waals surface area contributed by atoms with Gasteiger partial charge < -0.3 is 15.2 Å². The summed E-state index contributed by atoms with van der Waals surface area (Å²) in [5.74, 6) is -1.16. The first-order chi connectivity index (χ1) is 11.4. The van der Waals surface area contributed by atoms with Crippen LogP contribution in [0.1, 0.15) is 17.3 Å². The summed E-state index contributed by atoms with van der Waals surface area (Å²) in [7, 11) is 0. The lowest BCUT2D eigenvalue weighted by Gasteiger charge is -2.14. The number of carbonyl (C=O) groups is 2. The summed E-state index contributed by atoms with van der Waals surface area (Å²) >= 11 is 0. The van der Waals surface area contributed by atoms with E-state index in [0.29, 0.717) is 11.4 Å². The molecule has 1 amide bonds. The molecular weight excluding hydrogens is 316 g/mol. The van der Waals surface area contributed by atoms with Crippen LogP contribution in [0.4, 0.5) is 11.4 Å². The number of benzene rings is 2. The number of carboxylic acids is 1. The molecule has 0 bridgehead atoms. The molecule has 24 heavy (non-hydrogen) atoms. The third-order valence-corrected chi connectivity index (χ3v) is 3.13. The highest BCUT2D eigenvalue weighted by Crippen LogP contribution is 2.19. The van der Waals surface area contributed by atoms with Crippen LogP contribution >= 0.6 is 0 Å². The second kappa shape index (κ2) is 7.23. The zero-order valence-electron chi connectivity index (χ0n) is 12.6. The number of rotatable bonds is 6. The van der Waals surface area contributed by atoms with Gasteiger partial charge in [0, 0.05) is 17.8 Å². The SMILES string of the molecule is CC(Oc1ccc([N+](=O)[O-])cc1)C(=O)Nc1ccc(C(=O)O)cc1. The molecule has 0 radical (unpaired) electrons. The molecular formula is C16H14N2O6. The van der Waals surface area contributed by atoms with E-state index in [1.807, 2.05) is 0 Å². The average molecular weight is 330 g/mol. The minimum absolute atomic E-state index is 0.0713. The maximum absolute atomic E-state index is 12.1. The Hall–Kier alpha value is -3.42. The molecule has 0 aliphatic carbocycles. The molecule has 0 aliphatic heterocycles. The highest BCUT2D eigenvalue weighted by molar-refractivity contribution is 5.95. The van der Waals surface area contributed by atoms with Crippen molar-refractivity contribution in [2.75, 3.05) is 5.32 Å². The van der Waals surface area contributed by atoms with Crippen LogP contribution in [-0.4, -0.2) is 28.0 Å². The zero-order valence-corrected chi connectivity index (χ0v) is 12.6. The smallest absolute Gasteiger partial charge is 0.335 e. The minimum Gasteiger partial charge on any atom is -0.481 e. The zero-order chi connectivity index (χ0) is 17.7. The fourth-order valence-corrected chi connectivity index (χ4v) is 1.84. The first kappa shape index (κ1) is 16.9. The van der Waals surface area contributed by atoms with E-state index in [9.17, 15) is 19.7 Å². The molecule has 0 spiro atoms. The number of hydrogen-bond donors (Lipinski definition) is 2. The van der Waals surface area contributed by atoms with Crippen molar-refractivity contribution < 1.29 is 24.4 Å². The Morgan fingerprint density at radius 2 is 1.71 bits per heavy atom. The Morgan fingerprint density at radius 1 is 1.12 bits per heavy atom. The van der Waals surface area contributed by atoms with E-state index in [4.69, 9.17) is 9.84 Å². The van der Waals surface area contributed by atoms with Crippen molar-refractivity contribution in [3.8, 4) is 5.75 Å². The first-order valence-electron chi connectivity index (χ1n) is 6.92. The van der Waals surface area contributed by atoms with E-state index in [-0.39, 0.29) is 11.3 Å². The molecule has 0 heterocycles. The number of nitro benzene ring substituents is 1. The van der Waals surface area contributed by atoms with Gasteiger partial charge >= 0.3 is 5.97 Å². The number of amides is 1. The lowest BCUT2D eigenvalue weighted by atomic mass is 10.2. The number of nitro groups is 1. The number of anilines is 1. The number of non-ortho nitro benzene ring substituents is 1. The minimum atomic E-state index is -1.05. The number of carbonyl (C=O) groups excluding carboxylic acids is 1. The molecule has 0 aromatic heterocycles. The largest absolute Gasteiger partial charge is 0.481 e. The average Bonchev–Trinajstić information content (AvgIpc) is 2.55. The van der Waals surface area contributed by atoms with Crippen molar-refractivity contribution in [2.24, 2.45) is 0 Å². The van der Waals surface area contributed by atoms with Gasteiger partial charge in [0.2, 0.25) is 0 Å². The van der Waals surface area contributed by atoms with Crippen molar-refractivity contribution in [2.45, 2.75) is 13.0 Å². The van der Waals surface area contributed by atoms with Gasteiger partial charge in [0.05, 0.1) is 10.5 Å². The van der Waals surface area contributed by atoms with Crippen LogP contribution in [-0.2, 0) is 4.79 Å². The van der Waals surface area contributed by atoms with Crippen molar-refractivity contribution in [3.05, 3.63) is 64.2 Å². The van der Waals surface area contributed by atoms with Crippen molar-refractivity contribution in [1.29, 1.82) is 0 Å². The number of ether oxygens (including phenoxy) is 1. The van der Waals surface area contributed by atoms with Gasteiger partial charge in [-0.15, -0.1) is 0 Å². The fourth-order valence-electron chi connectivity index (χ4n) is 1.84. The summed E-state index contributed by atoms with van der Waals surface area (Å²) in [6.07, 6.45) is -0.842. The van der Waals surface area contributed by atoms with Crippen LogP contribution < -0.4 is 10.1 Å². The molecule has 2 rings (SSSR count). The van der Waals surface area contributed by atoms with Gasteiger partial charge in [-0.2, -0.15) is 0 Å².